The number of nitrogens with zero attached hydrogens (tertiary/aromatic N) is 6. The van der Waals surface area contributed by atoms with Crippen LogP contribution in [0, 0.1) is 22.7 Å². The van der Waals surface area contributed by atoms with Crippen molar-refractivity contribution in [3.63, 3.8) is 0 Å². The first-order valence-electron chi connectivity index (χ1n) is 30.7. The molecule has 0 amide bonds. The van der Waals surface area contributed by atoms with Gasteiger partial charge >= 0.3 is 0 Å². The molecule has 10 aromatic carbocycles. The Morgan fingerprint density at radius 3 is 1.09 bits per heavy atom. The molecule has 8 nitrogen and oxygen atoms in total. The van der Waals surface area contributed by atoms with Crippen molar-refractivity contribution in [1.82, 2.24) is 9.97 Å². The summed E-state index contributed by atoms with van der Waals surface area (Å²) < 4.78 is 15.1. The minimum absolute atomic E-state index is 0.0820. The minimum atomic E-state index is -3.55. The third-order valence-electron chi connectivity index (χ3n) is 18.2. The van der Waals surface area contributed by atoms with E-state index in [1.165, 1.54) is 43.0 Å². The van der Waals surface area contributed by atoms with Crippen molar-refractivity contribution < 1.29 is 8.83 Å². The lowest BCUT2D eigenvalue weighted by Crippen LogP contribution is -2.70. The molecule has 4 heterocycles. The fourth-order valence-electron chi connectivity index (χ4n) is 13.5. The smallest absolute Gasteiger partial charge is 0.227 e. The average molecular weight is 1210 g/mol. The van der Waals surface area contributed by atoms with Gasteiger partial charge in [0.25, 0.3) is 0 Å². The first-order valence-corrected chi connectivity index (χ1v) is 39.7. The molecule has 89 heavy (non-hydrogen) atoms. The van der Waals surface area contributed by atoms with Gasteiger partial charge in [0.15, 0.2) is 19.2 Å². The number of benzene rings is 10. The van der Waals surface area contributed by atoms with E-state index in [9.17, 15) is 10.5 Å². The molecule has 11 heteroatoms. The van der Waals surface area contributed by atoms with Gasteiger partial charge in [-0.3, -0.25) is 0 Å². The number of rotatable bonds is 10. The zero-order chi connectivity index (χ0) is 62.1. The van der Waals surface area contributed by atoms with Crippen LogP contribution < -0.4 is 40.9 Å². The van der Waals surface area contributed by atoms with Crippen LogP contribution in [0.3, 0.4) is 0 Å². The monoisotopic (exact) mass is 1210 g/mol. The maximum absolute atomic E-state index is 10.3. The molecule has 0 aliphatic carbocycles. The van der Waals surface area contributed by atoms with Crippen LogP contribution in [0.15, 0.2) is 215 Å². The average Bonchev–Trinajstić information content (AvgIpc) is 1.51. The summed E-state index contributed by atoms with van der Waals surface area (Å²) in [5, 5.41) is 28.2. The molecule has 14 rings (SSSR count). The Balaban J connectivity index is 1.17. The quantitative estimate of drug-likeness (QED) is 0.125. The third kappa shape index (κ3) is 9.41. The Hall–Kier alpha value is -9.63. The molecular weight excluding hydrogens is 1140 g/mol. The Morgan fingerprint density at radius 1 is 0.404 bits per heavy atom. The summed E-state index contributed by atoms with van der Waals surface area (Å²) in [5.41, 5.74) is 17.1. The molecule has 2 aromatic heterocycles. The van der Waals surface area contributed by atoms with E-state index in [2.05, 4.69) is 260 Å². The van der Waals surface area contributed by atoms with Crippen LogP contribution >= 0.6 is 0 Å². The second kappa shape index (κ2) is 20.7. The Bertz CT molecular complexity index is 4480. The number of fused-ring (bicyclic) bond motifs is 14. The lowest BCUT2D eigenvalue weighted by atomic mass is 9.87. The van der Waals surface area contributed by atoms with E-state index in [0.717, 1.165) is 55.6 Å². The zero-order valence-electron chi connectivity index (χ0n) is 52.6. The number of hydrogen-bond donors (Lipinski definition) is 0. The second-order valence-electron chi connectivity index (χ2n) is 28.1. The summed E-state index contributed by atoms with van der Waals surface area (Å²) in [7, 11) is -7.00. The van der Waals surface area contributed by atoms with Gasteiger partial charge in [-0.2, -0.15) is 10.5 Å². The topological polar surface area (TPSA) is 106 Å². The highest BCUT2D eigenvalue weighted by molar-refractivity contribution is 7.24. The van der Waals surface area contributed by atoms with Crippen LogP contribution in [0.1, 0.15) is 63.8 Å². The van der Waals surface area contributed by atoms with Gasteiger partial charge in [0.05, 0.1) is 50.8 Å². The number of hydrogen-bond acceptors (Lipinski definition) is 8. The standard InChI is InChI=1S/C78H70N6O2Si3/c1-77(2,3)53-27-31-55(32-28-53)83(57-35-39-59(40-36-57)87(7,8)9)63-45-67-69(73-71(63)81-75(85-73)51-21-17-19-49(43-51)47-79)70-68(89(67)65-25-15-13-23-61(65)62-24-14-16-26-66(62)89)46-64(72-74(70)86-76(82-72)52-22-18-20-50(44-52)48-80)84(56-33-29-54(30-34-56)78(4,5)6)58-37-41-60(42-38-58)88(10,11)12/h13-46H,1-12H3. The number of aromatic nitrogens is 2. The van der Waals surface area contributed by atoms with Crippen molar-refractivity contribution in [1.29, 1.82) is 10.5 Å². The molecule has 1 spiro atoms. The largest absolute Gasteiger partial charge is 0.435 e. The Kier molecular flexibility index (Phi) is 13.3. The van der Waals surface area contributed by atoms with Gasteiger partial charge in [-0.25, -0.2) is 9.97 Å². The van der Waals surface area contributed by atoms with Gasteiger partial charge < -0.3 is 18.6 Å². The summed E-state index contributed by atoms with van der Waals surface area (Å²) >= 11 is 0. The molecule has 0 radical (unpaired) electrons. The predicted molar refractivity (Wildman–Crippen MR) is 376 cm³/mol. The van der Waals surface area contributed by atoms with Crippen LogP contribution in [0.2, 0.25) is 39.3 Å². The first-order chi connectivity index (χ1) is 42.5. The summed E-state index contributed by atoms with van der Waals surface area (Å²) in [6.45, 7) is 27.9. The van der Waals surface area contributed by atoms with Gasteiger partial charge in [0, 0.05) is 45.0 Å². The fraction of sp³-hybridized carbons (Fsp3) is 0.179. The van der Waals surface area contributed by atoms with E-state index in [0.29, 0.717) is 56.2 Å². The van der Waals surface area contributed by atoms with Crippen LogP contribution in [-0.4, -0.2) is 34.2 Å². The summed E-state index contributed by atoms with van der Waals surface area (Å²) in [6, 6.07) is 79.1. The first kappa shape index (κ1) is 57.1. The third-order valence-corrected chi connectivity index (χ3v) is 27.3. The van der Waals surface area contributed by atoms with Crippen molar-refractivity contribution in [3.8, 4) is 57.3 Å². The summed E-state index contributed by atoms with van der Waals surface area (Å²) in [5.74, 6) is 0.790. The molecule has 0 bridgehead atoms. The maximum Gasteiger partial charge on any atom is 0.227 e. The minimum Gasteiger partial charge on any atom is -0.435 e. The van der Waals surface area contributed by atoms with Crippen molar-refractivity contribution in [2.45, 2.75) is 91.7 Å². The predicted octanol–water partition coefficient (Wildman–Crippen LogP) is 17.0. The lowest BCUT2D eigenvalue weighted by Gasteiger charge is -2.32. The SMILES string of the molecule is CC(C)(C)c1ccc(N(c2ccc([Si](C)(C)C)cc2)c2cc3c(c4oc(-c5cccc(C#N)c5)nc24)-c2c(cc(N(c4ccc(C(C)(C)C)cc4)c4ccc([Si](C)(C)C)cc4)c4nc(-c5cccc(C#N)c5)oc24)[Si]32c3ccccc3-c3ccccc32)cc1. The van der Waals surface area contributed by atoms with Gasteiger partial charge in [-0.15, -0.1) is 0 Å². The van der Waals surface area contributed by atoms with Crippen molar-refractivity contribution in [2.24, 2.45) is 0 Å². The normalized spacial score (nSPS) is 13.2. The lowest BCUT2D eigenvalue weighted by molar-refractivity contribution is 0.590. The van der Waals surface area contributed by atoms with Crippen molar-refractivity contribution in [3.05, 3.63) is 229 Å². The highest BCUT2D eigenvalue weighted by Crippen LogP contribution is 2.51. The van der Waals surface area contributed by atoms with Gasteiger partial charge in [0.1, 0.15) is 11.0 Å². The highest BCUT2D eigenvalue weighted by Gasteiger charge is 2.57. The molecule has 2 aliphatic rings. The molecule has 2 aliphatic heterocycles. The van der Waals surface area contributed by atoms with Crippen LogP contribution in [0.25, 0.3) is 67.4 Å². The molecule has 0 N–H and O–H groups in total. The van der Waals surface area contributed by atoms with Crippen molar-refractivity contribution in [2.75, 3.05) is 9.80 Å². The Labute approximate surface area is 525 Å². The van der Waals surface area contributed by atoms with E-state index in [4.69, 9.17) is 18.8 Å². The summed E-state index contributed by atoms with van der Waals surface area (Å²) in [6.07, 6.45) is 0. The van der Waals surface area contributed by atoms with E-state index in [1.807, 2.05) is 48.5 Å². The van der Waals surface area contributed by atoms with E-state index < -0.39 is 24.2 Å². The van der Waals surface area contributed by atoms with Gasteiger partial charge in [-0.05, 0) is 151 Å². The van der Waals surface area contributed by atoms with E-state index >= 15 is 0 Å². The highest BCUT2D eigenvalue weighted by atomic mass is 28.3. The van der Waals surface area contributed by atoms with E-state index in [1.54, 1.807) is 0 Å². The molecular formula is C78H70N6O2Si3. The molecule has 0 saturated carbocycles. The number of nitriles is 2. The zero-order valence-corrected chi connectivity index (χ0v) is 55.6. The molecule has 436 valence electrons. The number of oxazole rings is 2. The summed E-state index contributed by atoms with van der Waals surface area (Å²) in [4.78, 5) is 16.0. The van der Waals surface area contributed by atoms with Crippen LogP contribution in [0.5, 0.6) is 0 Å². The Morgan fingerprint density at radius 2 is 0.753 bits per heavy atom. The molecule has 0 unspecified atom stereocenters. The maximum atomic E-state index is 10.3. The van der Waals surface area contributed by atoms with E-state index in [-0.39, 0.29) is 10.8 Å². The molecule has 0 atom stereocenters. The number of anilines is 6. The molecule has 0 fully saturated rings. The van der Waals surface area contributed by atoms with Crippen LogP contribution in [-0.2, 0) is 10.8 Å². The van der Waals surface area contributed by atoms with Gasteiger partial charge in [0.2, 0.25) is 11.8 Å². The molecule has 0 saturated heterocycles. The van der Waals surface area contributed by atoms with Crippen LogP contribution in [0.4, 0.5) is 34.1 Å². The van der Waals surface area contributed by atoms with Gasteiger partial charge in [-0.1, -0.05) is 200 Å². The fourth-order valence-corrected chi connectivity index (χ4v) is 21.4. The van der Waals surface area contributed by atoms with Crippen molar-refractivity contribution >= 4 is 112 Å². The molecule has 12 aromatic rings. The second-order valence-corrected chi connectivity index (χ2v) is 41.9.